The van der Waals surface area contributed by atoms with E-state index in [0.29, 0.717) is 11.4 Å². The van der Waals surface area contributed by atoms with Crippen molar-refractivity contribution in [3.8, 4) is 0 Å². The fourth-order valence-corrected chi connectivity index (χ4v) is 4.73. The second-order valence-corrected chi connectivity index (χ2v) is 8.40. The van der Waals surface area contributed by atoms with E-state index in [0.717, 1.165) is 0 Å². The van der Waals surface area contributed by atoms with Crippen LogP contribution in [0, 0.1) is 16.2 Å². The molecule has 6 nitrogen and oxygen atoms in total. The van der Waals surface area contributed by atoms with Crippen LogP contribution in [0.3, 0.4) is 0 Å². The largest absolute Gasteiger partial charge is 0.290 e. The maximum Gasteiger partial charge on any atom is 0.271 e. The van der Waals surface area contributed by atoms with E-state index in [1.165, 1.54) is 18.2 Å². The van der Waals surface area contributed by atoms with Gasteiger partial charge in [0.05, 0.1) is 10.6 Å². The summed E-state index contributed by atoms with van der Waals surface area (Å²) in [4.78, 5) is 50.1. The molecule has 2 N–H and O–H groups in total. The van der Waals surface area contributed by atoms with E-state index in [4.69, 9.17) is 23.2 Å². The van der Waals surface area contributed by atoms with Crippen LogP contribution < -0.4 is 10.9 Å². The molecule has 1 aromatic rings. The van der Waals surface area contributed by atoms with E-state index in [2.05, 4.69) is 10.9 Å². The smallest absolute Gasteiger partial charge is 0.271 e. The molecule has 0 spiro atoms. The van der Waals surface area contributed by atoms with Gasteiger partial charge in [0.15, 0.2) is 0 Å². The zero-order valence-corrected chi connectivity index (χ0v) is 16.0. The Morgan fingerprint density at radius 2 is 1.65 bits per heavy atom. The summed E-state index contributed by atoms with van der Waals surface area (Å²) in [6.45, 7) is 5.22. The molecule has 0 heterocycles. The fraction of sp³-hybridized carbons (Fsp3) is 0.444. The molecule has 2 amide bonds. The number of hydrogen-bond acceptors (Lipinski definition) is 4. The molecule has 3 rings (SSSR count). The number of Topliss-reactive ketones (excluding diaryl/α,β-unsaturated/α-hetero) is 2. The van der Waals surface area contributed by atoms with Crippen molar-refractivity contribution >= 4 is 46.6 Å². The lowest BCUT2D eigenvalue weighted by atomic mass is 9.64. The Morgan fingerprint density at radius 3 is 2.19 bits per heavy atom. The standard InChI is InChI=1S/C18H18Cl2N2O4/c1-16(2)17(3)6-7-18(16,13(24)12(17)23)15(26)22-21-14(25)10-5-4-9(19)8-11(10)20/h4-5,8H,6-7H2,1-3H3,(H,21,25)(H,22,26). The quantitative estimate of drug-likeness (QED) is 0.456. The molecule has 26 heavy (non-hydrogen) atoms. The van der Waals surface area contributed by atoms with E-state index in [1.807, 2.05) is 0 Å². The summed E-state index contributed by atoms with van der Waals surface area (Å²) in [7, 11) is 0. The highest BCUT2D eigenvalue weighted by Gasteiger charge is 2.77. The number of halogens is 2. The molecule has 1 aromatic carbocycles. The summed E-state index contributed by atoms with van der Waals surface area (Å²) in [6, 6.07) is 4.32. The topological polar surface area (TPSA) is 92.3 Å². The van der Waals surface area contributed by atoms with E-state index < -0.39 is 39.6 Å². The summed E-state index contributed by atoms with van der Waals surface area (Å²) in [5.41, 5.74) is 1.50. The predicted octanol–water partition coefficient (Wildman–Crippen LogP) is 2.72. The SMILES string of the molecule is CC12CCC(C(=O)NNC(=O)c3ccc(Cl)cc3Cl)(C(=O)C1=O)C2(C)C. The number of hydrogen-bond donors (Lipinski definition) is 2. The molecule has 8 heteroatoms. The van der Waals surface area contributed by atoms with Gasteiger partial charge in [0.2, 0.25) is 11.6 Å². The van der Waals surface area contributed by atoms with Gasteiger partial charge < -0.3 is 0 Å². The van der Waals surface area contributed by atoms with Crippen molar-refractivity contribution in [3.05, 3.63) is 33.8 Å². The number of fused-ring (bicyclic) bond motifs is 2. The number of rotatable bonds is 2. The minimum absolute atomic E-state index is 0.123. The highest BCUT2D eigenvalue weighted by Crippen LogP contribution is 2.68. The maximum absolute atomic E-state index is 12.9. The van der Waals surface area contributed by atoms with Crippen molar-refractivity contribution in [2.24, 2.45) is 16.2 Å². The first-order valence-corrected chi connectivity index (χ1v) is 8.90. The van der Waals surface area contributed by atoms with Crippen LogP contribution >= 0.6 is 23.2 Å². The van der Waals surface area contributed by atoms with Crippen LogP contribution in [0.2, 0.25) is 10.0 Å². The molecule has 0 saturated heterocycles. The average Bonchev–Trinajstić information content (AvgIpc) is 2.84. The summed E-state index contributed by atoms with van der Waals surface area (Å²) in [5.74, 6) is -2.53. The number of carbonyl (C=O) groups is 4. The molecule has 2 unspecified atom stereocenters. The maximum atomic E-state index is 12.9. The van der Waals surface area contributed by atoms with Gasteiger partial charge in [0.25, 0.3) is 11.8 Å². The molecular weight excluding hydrogens is 379 g/mol. The second kappa shape index (κ2) is 5.79. The van der Waals surface area contributed by atoms with Crippen molar-refractivity contribution in [1.29, 1.82) is 0 Å². The van der Waals surface area contributed by atoms with Crippen LogP contribution in [0.5, 0.6) is 0 Å². The molecule has 2 saturated carbocycles. The second-order valence-electron chi connectivity index (χ2n) is 7.55. The molecule has 138 valence electrons. The first-order chi connectivity index (χ1) is 12.0. The number of nitrogens with one attached hydrogen (secondary N) is 2. The first-order valence-electron chi connectivity index (χ1n) is 8.14. The molecule has 2 atom stereocenters. The average molecular weight is 397 g/mol. The number of benzene rings is 1. The molecule has 2 bridgehead atoms. The zero-order valence-electron chi connectivity index (χ0n) is 14.5. The Hall–Kier alpha value is -1.92. The van der Waals surface area contributed by atoms with Crippen LogP contribution in [0.25, 0.3) is 0 Å². The van der Waals surface area contributed by atoms with E-state index in [-0.39, 0.29) is 17.0 Å². The molecular formula is C18H18Cl2N2O4. The van der Waals surface area contributed by atoms with Gasteiger partial charge in [-0.25, -0.2) is 0 Å². The molecule has 0 aromatic heterocycles. The van der Waals surface area contributed by atoms with Crippen LogP contribution in [-0.2, 0) is 14.4 Å². The van der Waals surface area contributed by atoms with Gasteiger partial charge in [0.1, 0.15) is 5.41 Å². The van der Waals surface area contributed by atoms with Crippen LogP contribution in [-0.4, -0.2) is 23.4 Å². The van der Waals surface area contributed by atoms with Gasteiger partial charge in [-0.15, -0.1) is 0 Å². The van der Waals surface area contributed by atoms with Crippen molar-refractivity contribution in [3.63, 3.8) is 0 Å². The summed E-state index contributed by atoms with van der Waals surface area (Å²) >= 11 is 11.8. The minimum atomic E-state index is -1.48. The van der Waals surface area contributed by atoms with Gasteiger partial charge >= 0.3 is 0 Å². The molecule has 0 aliphatic heterocycles. The zero-order chi connectivity index (χ0) is 19.5. The number of ketones is 2. The lowest BCUT2D eigenvalue weighted by molar-refractivity contribution is -0.149. The Bertz CT molecular complexity index is 867. The Balaban J connectivity index is 1.81. The van der Waals surface area contributed by atoms with E-state index in [9.17, 15) is 19.2 Å². The Labute approximate surface area is 160 Å². The third kappa shape index (κ3) is 2.18. The first kappa shape index (κ1) is 18.9. The predicted molar refractivity (Wildman–Crippen MR) is 95.6 cm³/mol. The lowest BCUT2D eigenvalue weighted by Gasteiger charge is -2.36. The van der Waals surface area contributed by atoms with Gasteiger partial charge in [-0.1, -0.05) is 44.0 Å². The highest BCUT2D eigenvalue weighted by molar-refractivity contribution is 6.48. The summed E-state index contributed by atoms with van der Waals surface area (Å²) in [5, 5.41) is 0.500. The van der Waals surface area contributed by atoms with Crippen molar-refractivity contribution in [1.82, 2.24) is 10.9 Å². The van der Waals surface area contributed by atoms with Crippen molar-refractivity contribution in [2.45, 2.75) is 33.6 Å². The van der Waals surface area contributed by atoms with E-state index >= 15 is 0 Å². The Morgan fingerprint density at radius 1 is 1.00 bits per heavy atom. The third-order valence-corrected chi connectivity index (χ3v) is 6.94. The van der Waals surface area contributed by atoms with E-state index in [1.54, 1.807) is 20.8 Å². The molecule has 0 radical (unpaired) electrons. The lowest BCUT2D eigenvalue weighted by Crippen LogP contribution is -2.55. The van der Waals surface area contributed by atoms with Crippen LogP contribution in [0.15, 0.2) is 18.2 Å². The highest BCUT2D eigenvalue weighted by atomic mass is 35.5. The molecule has 2 aliphatic carbocycles. The van der Waals surface area contributed by atoms with Crippen molar-refractivity contribution in [2.75, 3.05) is 0 Å². The van der Waals surface area contributed by atoms with Crippen LogP contribution in [0.1, 0.15) is 44.0 Å². The third-order valence-electron chi connectivity index (χ3n) is 6.39. The van der Waals surface area contributed by atoms with Gasteiger partial charge in [-0.3, -0.25) is 30.0 Å². The van der Waals surface area contributed by atoms with Gasteiger partial charge in [-0.2, -0.15) is 0 Å². The van der Waals surface area contributed by atoms with Crippen LogP contribution in [0.4, 0.5) is 0 Å². The Kier molecular flexibility index (Phi) is 4.20. The number of amides is 2. The fourth-order valence-electron chi connectivity index (χ4n) is 4.23. The molecule has 2 fully saturated rings. The van der Waals surface area contributed by atoms with Gasteiger partial charge in [-0.05, 0) is 36.5 Å². The summed E-state index contributed by atoms with van der Waals surface area (Å²) in [6.07, 6.45) is 0.722. The van der Waals surface area contributed by atoms with Crippen molar-refractivity contribution < 1.29 is 19.2 Å². The number of carbonyl (C=O) groups excluding carboxylic acids is 4. The molecule has 2 aliphatic rings. The number of hydrazine groups is 1. The summed E-state index contributed by atoms with van der Waals surface area (Å²) < 4.78 is 0. The minimum Gasteiger partial charge on any atom is -0.290 e. The normalized spacial score (nSPS) is 29.0. The monoisotopic (exact) mass is 396 g/mol. The van der Waals surface area contributed by atoms with Gasteiger partial charge in [0, 0.05) is 10.4 Å².